The fourth-order valence-corrected chi connectivity index (χ4v) is 5.07. The van der Waals surface area contributed by atoms with Crippen LogP contribution in [0.2, 0.25) is 0 Å². The first kappa shape index (κ1) is 19.0. The molecule has 0 spiro atoms. The van der Waals surface area contributed by atoms with E-state index in [1.165, 1.54) is 28.4 Å². The number of carbonyl (C=O) groups is 1. The van der Waals surface area contributed by atoms with Crippen molar-refractivity contribution in [1.29, 1.82) is 0 Å². The van der Waals surface area contributed by atoms with Crippen molar-refractivity contribution in [3.05, 3.63) is 90.8 Å². The summed E-state index contributed by atoms with van der Waals surface area (Å²) in [7, 11) is -3.76. The number of rotatable bonds is 4. The minimum Gasteiger partial charge on any atom is -0.476 e. The topological polar surface area (TPSA) is 102 Å². The first-order chi connectivity index (χ1) is 14.9. The lowest BCUT2D eigenvalue weighted by Crippen LogP contribution is -2.11. The summed E-state index contributed by atoms with van der Waals surface area (Å²) in [6.45, 7) is 0. The van der Waals surface area contributed by atoms with Gasteiger partial charge in [-0.1, -0.05) is 42.5 Å². The normalized spacial score (nSPS) is 11.9. The van der Waals surface area contributed by atoms with Crippen LogP contribution in [-0.2, 0) is 10.0 Å². The van der Waals surface area contributed by atoms with E-state index in [1.54, 1.807) is 48.5 Å². The number of benzene rings is 3. The number of nitrogens with zero attached hydrogens (tertiary/aromatic N) is 2. The van der Waals surface area contributed by atoms with E-state index in [0.29, 0.717) is 26.7 Å². The van der Waals surface area contributed by atoms with Crippen LogP contribution in [0.5, 0.6) is 0 Å². The third-order valence-electron chi connectivity index (χ3n) is 5.31. The molecule has 0 radical (unpaired) electrons. The van der Waals surface area contributed by atoms with Crippen molar-refractivity contribution in [3.8, 4) is 11.1 Å². The molecule has 0 saturated heterocycles. The first-order valence-electron chi connectivity index (χ1n) is 9.36. The van der Waals surface area contributed by atoms with E-state index in [0.717, 1.165) is 10.9 Å². The van der Waals surface area contributed by atoms with E-state index >= 15 is 0 Å². The second kappa shape index (κ2) is 6.75. The molecule has 0 bridgehead atoms. The molecule has 154 valence electrons. The number of hydrogen-bond donors (Lipinski definition) is 2. The Bertz CT molecular complexity index is 1580. The Morgan fingerprint density at radius 3 is 2.23 bits per heavy atom. The molecule has 0 fully saturated rings. The van der Waals surface area contributed by atoms with Gasteiger partial charge in [0.2, 0.25) is 0 Å². The molecule has 2 N–H and O–H groups in total. The van der Waals surface area contributed by atoms with Gasteiger partial charge in [0, 0.05) is 17.0 Å². The molecular formula is C23H16N2O5S. The van der Waals surface area contributed by atoms with Gasteiger partial charge in [0.25, 0.3) is 10.0 Å². The fraction of sp³-hybridized carbons (Fsp3) is 0. The number of carboxylic acids is 1. The monoisotopic (exact) mass is 432 g/mol. The quantitative estimate of drug-likeness (QED) is 0.409. The molecule has 0 amide bonds. The number of para-hydroxylation sites is 1. The Hall–Kier alpha value is -4.04. The van der Waals surface area contributed by atoms with Crippen molar-refractivity contribution in [2.45, 2.75) is 4.90 Å². The van der Waals surface area contributed by atoms with Gasteiger partial charge >= 0.3 is 5.97 Å². The van der Waals surface area contributed by atoms with Crippen LogP contribution in [0, 0.1) is 0 Å². The molecule has 0 unspecified atom stereocenters. The van der Waals surface area contributed by atoms with Gasteiger partial charge in [-0.05, 0) is 47.5 Å². The molecule has 0 atom stereocenters. The SMILES string of the molecule is O=C(O)c1cc2ccc(-c3ccc(S(=O)(=O)n4ccc5ccccc54)cc3)cc2n1O. The lowest BCUT2D eigenvalue weighted by atomic mass is 10.0. The van der Waals surface area contributed by atoms with E-state index in [9.17, 15) is 18.4 Å². The third kappa shape index (κ3) is 2.96. The predicted octanol–water partition coefficient (Wildman–Crippen LogP) is 4.44. The highest BCUT2D eigenvalue weighted by atomic mass is 32.2. The van der Waals surface area contributed by atoms with E-state index in [2.05, 4.69) is 0 Å². The highest BCUT2D eigenvalue weighted by molar-refractivity contribution is 7.90. The van der Waals surface area contributed by atoms with Gasteiger partial charge in [0.15, 0.2) is 5.69 Å². The van der Waals surface area contributed by atoms with Crippen LogP contribution in [0.15, 0.2) is 90.0 Å². The molecule has 5 aromatic rings. The number of fused-ring (bicyclic) bond motifs is 2. The minimum absolute atomic E-state index is 0.150. The molecule has 31 heavy (non-hydrogen) atoms. The van der Waals surface area contributed by atoms with E-state index in [-0.39, 0.29) is 10.6 Å². The second-order valence-corrected chi connectivity index (χ2v) is 8.93. The Kier molecular flexibility index (Phi) is 4.13. The zero-order chi connectivity index (χ0) is 21.8. The number of hydrogen-bond acceptors (Lipinski definition) is 4. The van der Waals surface area contributed by atoms with Crippen LogP contribution < -0.4 is 0 Å². The average molecular weight is 432 g/mol. The maximum absolute atomic E-state index is 13.1. The Morgan fingerprint density at radius 1 is 0.774 bits per heavy atom. The average Bonchev–Trinajstić information content (AvgIpc) is 3.35. The molecule has 0 aliphatic rings. The van der Waals surface area contributed by atoms with Crippen LogP contribution in [0.1, 0.15) is 10.5 Å². The van der Waals surface area contributed by atoms with Gasteiger partial charge in [-0.2, -0.15) is 4.73 Å². The predicted molar refractivity (Wildman–Crippen MR) is 116 cm³/mol. The van der Waals surface area contributed by atoms with Crippen molar-refractivity contribution in [1.82, 2.24) is 8.70 Å². The second-order valence-electron chi connectivity index (χ2n) is 7.12. The third-order valence-corrected chi connectivity index (χ3v) is 7.01. The highest BCUT2D eigenvalue weighted by Gasteiger charge is 2.19. The molecule has 3 aromatic carbocycles. The summed E-state index contributed by atoms with van der Waals surface area (Å²) in [6.07, 6.45) is 1.54. The van der Waals surface area contributed by atoms with E-state index < -0.39 is 16.0 Å². The summed E-state index contributed by atoms with van der Waals surface area (Å²) in [4.78, 5) is 11.4. The zero-order valence-corrected chi connectivity index (χ0v) is 16.8. The fourth-order valence-electron chi connectivity index (χ4n) is 3.72. The molecule has 2 heterocycles. The van der Waals surface area contributed by atoms with Crippen LogP contribution >= 0.6 is 0 Å². The summed E-state index contributed by atoms with van der Waals surface area (Å²) >= 11 is 0. The maximum Gasteiger partial charge on any atom is 0.356 e. The largest absolute Gasteiger partial charge is 0.476 e. The molecule has 0 saturated carbocycles. The molecule has 0 aliphatic carbocycles. The minimum atomic E-state index is -3.76. The summed E-state index contributed by atoms with van der Waals surface area (Å²) in [5.41, 5.74) is 2.18. The molecule has 5 rings (SSSR count). The lowest BCUT2D eigenvalue weighted by molar-refractivity contribution is 0.0649. The number of carboxylic acid groups (broad SMARTS) is 1. The van der Waals surface area contributed by atoms with Gasteiger partial charge in [-0.25, -0.2) is 17.2 Å². The van der Waals surface area contributed by atoms with Crippen molar-refractivity contribution in [3.63, 3.8) is 0 Å². The van der Waals surface area contributed by atoms with Gasteiger partial charge < -0.3 is 10.3 Å². The van der Waals surface area contributed by atoms with Crippen LogP contribution in [0.4, 0.5) is 0 Å². The summed E-state index contributed by atoms with van der Waals surface area (Å²) in [5.74, 6) is -1.23. The van der Waals surface area contributed by atoms with Crippen molar-refractivity contribution in [2.24, 2.45) is 0 Å². The summed E-state index contributed by atoms with van der Waals surface area (Å²) in [6, 6.07) is 22.0. The van der Waals surface area contributed by atoms with Gasteiger partial charge in [0.05, 0.1) is 15.9 Å². The molecule has 0 aliphatic heterocycles. The van der Waals surface area contributed by atoms with Crippen molar-refractivity contribution in [2.75, 3.05) is 0 Å². The number of aromatic nitrogens is 2. The zero-order valence-electron chi connectivity index (χ0n) is 16.0. The van der Waals surface area contributed by atoms with Gasteiger partial charge in [-0.15, -0.1) is 0 Å². The van der Waals surface area contributed by atoms with Gasteiger partial charge in [-0.3, -0.25) is 0 Å². The van der Waals surface area contributed by atoms with E-state index in [4.69, 9.17) is 5.11 Å². The first-order valence-corrected chi connectivity index (χ1v) is 10.8. The smallest absolute Gasteiger partial charge is 0.356 e. The molecule has 2 aromatic heterocycles. The summed E-state index contributed by atoms with van der Waals surface area (Å²) < 4.78 is 28.1. The van der Waals surface area contributed by atoms with Crippen LogP contribution in [-0.4, -0.2) is 33.4 Å². The van der Waals surface area contributed by atoms with Crippen molar-refractivity contribution < 1.29 is 23.5 Å². The maximum atomic E-state index is 13.1. The highest BCUT2D eigenvalue weighted by Crippen LogP contribution is 2.28. The standard InChI is InChI=1S/C23H16N2O5S/c26-23(27)22-14-18-6-5-17(13-21(18)25(22)28)15-7-9-19(10-8-15)31(29,30)24-12-11-16-3-1-2-4-20(16)24/h1-14,28H,(H,26,27). The Labute approximate surface area is 177 Å². The Morgan fingerprint density at radius 2 is 1.48 bits per heavy atom. The molecule has 7 nitrogen and oxygen atoms in total. The van der Waals surface area contributed by atoms with E-state index in [1.807, 2.05) is 12.1 Å². The number of aromatic carboxylic acids is 1. The Balaban J connectivity index is 1.54. The lowest BCUT2D eigenvalue weighted by Gasteiger charge is -2.09. The molecular weight excluding hydrogens is 416 g/mol. The molecule has 8 heteroatoms. The summed E-state index contributed by atoms with van der Waals surface area (Å²) in [5, 5.41) is 20.7. The van der Waals surface area contributed by atoms with Crippen LogP contribution in [0.25, 0.3) is 32.9 Å². The van der Waals surface area contributed by atoms with Gasteiger partial charge in [0.1, 0.15) is 0 Å². The van der Waals surface area contributed by atoms with Crippen molar-refractivity contribution >= 4 is 37.8 Å². The van der Waals surface area contributed by atoms with Crippen LogP contribution in [0.3, 0.4) is 0 Å².